The van der Waals surface area contributed by atoms with Gasteiger partial charge in [-0.25, -0.2) is 9.78 Å². The minimum Gasteiger partial charge on any atom is -0.449 e. The molecule has 0 radical (unpaired) electrons. The molecule has 0 unspecified atom stereocenters. The first-order valence-electron chi connectivity index (χ1n) is 12.6. The van der Waals surface area contributed by atoms with Gasteiger partial charge in [0.25, 0.3) is 0 Å². The molecule has 9 heteroatoms. The van der Waals surface area contributed by atoms with Crippen LogP contribution in [0.2, 0.25) is 0 Å². The topological polar surface area (TPSA) is 131 Å². The van der Waals surface area contributed by atoms with Gasteiger partial charge in [0.2, 0.25) is 0 Å². The van der Waals surface area contributed by atoms with Crippen LogP contribution in [0, 0.1) is 12.3 Å². The second-order valence-electron chi connectivity index (χ2n) is 9.27. The fourth-order valence-electron chi connectivity index (χ4n) is 4.92. The fraction of sp³-hybridized carbons (Fsp3) is 0.129. The lowest BCUT2D eigenvalue weighted by atomic mass is 9.98. The molecule has 40 heavy (non-hydrogen) atoms. The molecular formula is C31H27N5O3S. The van der Waals surface area contributed by atoms with Crippen LogP contribution < -0.4 is 11.2 Å². The lowest BCUT2D eigenvalue weighted by Gasteiger charge is -2.17. The molecule has 1 aromatic heterocycles. The van der Waals surface area contributed by atoms with Crippen molar-refractivity contribution < 1.29 is 14.3 Å². The van der Waals surface area contributed by atoms with Crippen LogP contribution in [0.25, 0.3) is 11.1 Å². The van der Waals surface area contributed by atoms with E-state index in [1.54, 1.807) is 24.4 Å². The Morgan fingerprint density at radius 1 is 1.10 bits per heavy atom. The Hall–Kier alpha value is -4.76. The maximum atomic E-state index is 12.9. The highest BCUT2D eigenvalue weighted by molar-refractivity contribution is 7.99. The van der Waals surface area contributed by atoms with Crippen LogP contribution in [-0.2, 0) is 11.3 Å². The van der Waals surface area contributed by atoms with Crippen LogP contribution in [0.1, 0.15) is 44.1 Å². The third-order valence-corrected chi connectivity index (χ3v) is 8.08. The van der Waals surface area contributed by atoms with Gasteiger partial charge in [-0.1, -0.05) is 60.3 Å². The number of carbonyl (C=O) groups is 2. The van der Waals surface area contributed by atoms with Gasteiger partial charge in [-0.3, -0.25) is 10.2 Å². The van der Waals surface area contributed by atoms with Crippen LogP contribution in [0.5, 0.6) is 0 Å². The van der Waals surface area contributed by atoms with E-state index in [1.165, 1.54) is 18.0 Å². The first-order valence-corrected chi connectivity index (χ1v) is 13.4. The minimum absolute atomic E-state index is 0.0446. The molecule has 200 valence electrons. The molecule has 0 atom stereocenters. The van der Waals surface area contributed by atoms with Crippen molar-refractivity contribution in [3.63, 3.8) is 0 Å². The Balaban J connectivity index is 1.35. The van der Waals surface area contributed by atoms with E-state index < -0.39 is 6.09 Å². The predicted molar refractivity (Wildman–Crippen MR) is 156 cm³/mol. The Kier molecular flexibility index (Phi) is 8.02. The van der Waals surface area contributed by atoms with Gasteiger partial charge in [-0.05, 0) is 64.6 Å². The van der Waals surface area contributed by atoms with Crippen molar-refractivity contribution in [1.29, 1.82) is 5.41 Å². The van der Waals surface area contributed by atoms with Crippen LogP contribution in [0.3, 0.4) is 0 Å². The van der Waals surface area contributed by atoms with Gasteiger partial charge in [-0.2, -0.15) is 5.10 Å². The highest BCUT2D eigenvalue weighted by Crippen LogP contribution is 2.44. The predicted octanol–water partition coefficient (Wildman–Crippen LogP) is 5.70. The summed E-state index contributed by atoms with van der Waals surface area (Å²) in [4.78, 5) is 29.6. The third-order valence-electron chi connectivity index (χ3n) is 6.76. The van der Waals surface area contributed by atoms with E-state index in [9.17, 15) is 9.59 Å². The first-order chi connectivity index (χ1) is 19.5. The number of hydrazone groups is 1. The molecule has 0 aliphatic heterocycles. The number of pyridine rings is 1. The van der Waals surface area contributed by atoms with Crippen molar-refractivity contribution >= 4 is 36.1 Å². The van der Waals surface area contributed by atoms with Crippen molar-refractivity contribution in [3.8, 4) is 11.1 Å². The molecule has 4 aromatic rings. The normalized spacial score (nSPS) is 12.1. The minimum atomic E-state index is -0.550. The smallest absolute Gasteiger partial charge is 0.407 e. The van der Waals surface area contributed by atoms with Gasteiger partial charge in [-0.15, -0.1) is 0 Å². The number of aromatic nitrogens is 1. The molecule has 0 fully saturated rings. The van der Waals surface area contributed by atoms with Crippen LogP contribution >= 0.6 is 11.8 Å². The monoisotopic (exact) mass is 549 g/mol. The summed E-state index contributed by atoms with van der Waals surface area (Å²) < 4.78 is 5.71. The standard InChI is InChI=1S/C31H27N5O3S/c1-19-13-21(28(32)16-36-33)14-22(29(19)40-30-20(17-37)7-6-12-34-30)15-35-31(38)39-18-27-25-10-4-2-8-23(25)24-9-3-5-11-26(24)27/h2-14,16-17,27,32H,15,18,33H2,1H3,(H,35,38)/b32-28?,36-16-. The van der Waals surface area contributed by atoms with E-state index in [2.05, 4.69) is 39.7 Å². The van der Waals surface area contributed by atoms with E-state index in [-0.39, 0.29) is 24.8 Å². The fourth-order valence-corrected chi connectivity index (χ4v) is 5.94. The molecule has 0 spiro atoms. The number of nitrogens with zero attached hydrogens (tertiary/aromatic N) is 2. The number of nitrogens with two attached hydrogens (primary N) is 1. The molecule has 8 nitrogen and oxygen atoms in total. The Morgan fingerprint density at radius 3 is 2.48 bits per heavy atom. The maximum Gasteiger partial charge on any atom is 0.407 e. The number of aldehydes is 1. The molecule has 0 saturated heterocycles. The Morgan fingerprint density at radius 2 is 1.80 bits per heavy atom. The number of hydrogen-bond acceptors (Lipinski definition) is 8. The van der Waals surface area contributed by atoms with Crippen LogP contribution in [0.15, 0.2) is 94.0 Å². The number of fused-ring (bicyclic) bond motifs is 3. The Bertz CT molecular complexity index is 1590. The average Bonchev–Trinajstić information content (AvgIpc) is 3.30. The van der Waals surface area contributed by atoms with Crippen molar-refractivity contribution in [2.45, 2.75) is 29.3 Å². The number of hydrogen-bond donors (Lipinski definition) is 3. The number of rotatable bonds is 9. The maximum absolute atomic E-state index is 12.9. The largest absolute Gasteiger partial charge is 0.449 e. The quantitative estimate of drug-likeness (QED) is 0.106. The zero-order chi connectivity index (χ0) is 28.1. The van der Waals surface area contributed by atoms with Gasteiger partial charge in [0.15, 0.2) is 6.29 Å². The van der Waals surface area contributed by atoms with Crippen LogP contribution in [-0.4, -0.2) is 35.9 Å². The lowest BCUT2D eigenvalue weighted by Crippen LogP contribution is -2.26. The summed E-state index contributed by atoms with van der Waals surface area (Å²) in [6.07, 6.45) is 3.10. The second kappa shape index (κ2) is 12.0. The zero-order valence-corrected chi connectivity index (χ0v) is 22.6. The summed E-state index contributed by atoms with van der Waals surface area (Å²) in [5.74, 6) is 5.21. The van der Waals surface area contributed by atoms with E-state index in [4.69, 9.17) is 16.0 Å². The lowest BCUT2D eigenvalue weighted by molar-refractivity contribution is 0.112. The molecule has 1 aliphatic rings. The molecule has 1 amide bonds. The summed E-state index contributed by atoms with van der Waals surface area (Å²) >= 11 is 1.33. The summed E-state index contributed by atoms with van der Waals surface area (Å²) in [5.41, 5.74) is 7.39. The molecule has 1 heterocycles. The van der Waals surface area contributed by atoms with Crippen molar-refractivity contribution in [1.82, 2.24) is 10.3 Å². The first kappa shape index (κ1) is 26.8. The van der Waals surface area contributed by atoms with Gasteiger partial charge < -0.3 is 15.9 Å². The third kappa shape index (κ3) is 5.50. The number of nitrogens with one attached hydrogen (secondary N) is 2. The molecule has 0 bridgehead atoms. The molecule has 1 aliphatic carbocycles. The van der Waals surface area contributed by atoms with E-state index in [0.717, 1.165) is 44.6 Å². The molecule has 0 saturated carbocycles. The summed E-state index contributed by atoms with van der Waals surface area (Å²) in [6.45, 7) is 2.25. The van der Waals surface area contributed by atoms with E-state index in [1.807, 2.05) is 37.3 Å². The summed E-state index contributed by atoms with van der Waals surface area (Å²) in [5, 5.41) is 15.1. The van der Waals surface area contributed by atoms with Crippen molar-refractivity contribution in [3.05, 3.63) is 112 Å². The van der Waals surface area contributed by atoms with Crippen LogP contribution in [0.4, 0.5) is 4.79 Å². The van der Waals surface area contributed by atoms with E-state index >= 15 is 0 Å². The molecular weight excluding hydrogens is 522 g/mol. The number of carbonyl (C=O) groups excluding carboxylic acids is 2. The van der Waals surface area contributed by atoms with Gasteiger partial charge in [0, 0.05) is 34.7 Å². The van der Waals surface area contributed by atoms with Gasteiger partial charge >= 0.3 is 6.09 Å². The molecule has 5 rings (SSSR count). The highest BCUT2D eigenvalue weighted by Gasteiger charge is 2.29. The van der Waals surface area contributed by atoms with Gasteiger partial charge in [0.05, 0.1) is 11.9 Å². The number of aryl methyl sites for hydroxylation is 1. The number of alkyl carbamates (subject to hydrolysis) is 1. The highest BCUT2D eigenvalue weighted by atomic mass is 32.2. The second-order valence-corrected chi connectivity index (χ2v) is 10.3. The zero-order valence-electron chi connectivity index (χ0n) is 21.8. The Labute approximate surface area is 236 Å². The number of amides is 1. The average molecular weight is 550 g/mol. The number of ether oxygens (including phenoxy) is 1. The van der Waals surface area contributed by atoms with E-state index in [0.29, 0.717) is 16.2 Å². The number of benzene rings is 3. The summed E-state index contributed by atoms with van der Waals surface area (Å²) in [6, 6.07) is 23.4. The van der Waals surface area contributed by atoms with Gasteiger partial charge in [0.1, 0.15) is 11.6 Å². The molecule has 4 N–H and O–H groups in total. The van der Waals surface area contributed by atoms with Crippen molar-refractivity contribution in [2.24, 2.45) is 10.9 Å². The SMILES string of the molecule is Cc1cc(C(=N)/C=N\N)cc(CNC(=O)OCC2c3ccccc3-c3ccccc32)c1Sc1ncccc1C=O. The van der Waals surface area contributed by atoms with Crippen molar-refractivity contribution in [2.75, 3.05) is 6.61 Å². The summed E-state index contributed by atoms with van der Waals surface area (Å²) in [7, 11) is 0. The molecule has 3 aromatic carbocycles.